The van der Waals surface area contributed by atoms with Crippen LogP contribution in [0.2, 0.25) is 0 Å². The average molecular weight is 214 g/mol. The normalized spacial score (nSPS) is 21.3. The second kappa shape index (κ2) is 5.47. The highest BCUT2D eigenvalue weighted by atomic mass is 16.5. The van der Waals surface area contributed by atoms with Crippen molar-refractivity contribution in [2.24, 2.45) is 0 Å². The van der Waals surface area contributed by atoms with Gasteiger partial charge < -0.3 is 15.0 Å². The lowest BCUT2D eigenvalue weighted by atomic mass is 10.0. The standard InChI is InChI=1S/C11H22N2O2/c1-4-12-11(2,10(14)15-3)9-13-7-5-6-8-13/h12H,4-9H2,1-3H3. The van der Waals surface area contributed by atoms with Gasteiger partial charge in [-0.2, -0.15) is 0 Å². The number of likely N-dealkylation sites (tertiary alicyclic amines) is 1. The van der Waals surface area contributed by atoms with Crippen LogP contribution in [0.5, 0.6) is 0 Å². The van der Waals surface area contributed by atoms with Crippen molar-refractivity contribution in [1.29, 1.82) is 0 Å². The maximum absolute atomic E-state index is 11.7. The van der Waals surface area contributed by atoms with Gasteiger partial charge in [0.15, 0.2) is 0 Å². The quantitative estimate of drug-likeness (QED) is 0.681. The van der Waals surface area contributed by atoms with Crippen molar-refractivity contribution in [3.63, 3.8) is 0 Å². The van der Waals surface area contributed by atoms with Crippen molar-refractivity contribution in [1.82, 2.24) is 10.2 Å². The van der Waals surface area contributed by atoms with Crippen molar-refractivity contribution >= 4 is 5.97 Å². The van der Waals surface area contributed by atoms with Crippen LogP contribution in [0.25, 0.3) is 0 Å². The van der Waals surface area contributed by atoms with E-state index in [-0.39, 0.29) is 5.97 Å². The first-order valence-corrected chi connectivity index (χ1v) is 5.68. The molecule has 0 aliphatic carbocycles. The molecule has 1 fully saturated rings. The summed E-state index contributed by atoms with van der Waals surface area (Å²) in [6.45, 7) is 7.63. The maximum Gasteiger partial charge on any atom is 0.327 e. The molecule has 88 valence electrons. The van der Waals surface area contributed by atoms with Crippen molar-refractivity contribution < 1.29 is 9.53 Å². The van der Waals surface area contributed by atoms with E-state index in [4.69, 9.17) is 4.74 Å². The van der Waals surface area contributed by atoms with Crippen molar-refractivity contribution in [2.45, 2.75) is 32.2 Å². The van der Waals surface area contributed by atoms with E-state index in [1.165, 1.54) is 20.0 Å². The molecule has 1 aliphatic rings. The third kappa shape index (κ3) is 3.18. The smallest absolute Gasteiger partial charge is 0.327 e. The molecule has 0 amide bonds. The Bertz CT molecular complexity index is 215. The first kappa shape index (κ1) is 12.5. The maximum atomic E-state index is 11.7. The summed E-state index contributed by atoms with van der Waals surface area (Å²) in [7, 11) is 1.45. The van der Waals surface area contributed by atoms with Gasteiger partial charge in [0.25, 0.3) is 0 Å². The van der Waals surface area contributed by atoms with E-state index in [2.05, 4.69) is 10.2 Å². The van der Waals surface area contributed by atoms with E-state index in [1.807, 2.05) is 13.8 Å². The molecule has 15 heavy (non-hydrogen) atoms. The van der Waals surface area contributed by atoms with Gasteiger partial charge in [-0.25, -0.2) is 0 Å². The Morgan fingerprint density at radius 1 is 1.47 bits per heavy atom. The molecule has 0 aromatic carbocycles. The third-order valence-corrected chi connectivity index (χ3v) is 2.94. The SMILES string of the molecule is CCNC(C)(CN1CCCC1)C(=O)OC. The number of nitrogens with zero attached hydrogens (tertiary/aromatic N) is 1. The van der Waals surface area contributed by atoms with Gasteiger partial charge in [-0.3, -0.25) is 4.79 Å². The fourth-order valence-corrected chi connectivity index (χ4v) is 2.20. The number of rotatable bonds is 5. The Morgan fingerprint density at radius 2 is 2.07 bits per heavy atom. The fourth-order valence-electron chi connectivity index (χ4n) is 2.20. The lowest BCUT2D eigenvalue weighted by Gasteiger charge is -2.31. The molecule has 0 radical (unpaired) electrons. The zero-order valence-electron chi connectivity index (χ0n) is 10.0. The Balaban J connectivity index is 2.58. The van der Waals surface area contributed by atoms with Crippen molar-refractivity contribution in [3.8, 4) is 0 Å². The fraction of sp³-hybridized carbons (Fsp3) is 0.909. The summed E-state index contributed by atoms with van der Waals surface area (Å²) in [6, 6.07) is 0. The van der Waals surface area contributed by atoms with Gasteiger partial charge >= 0.3 is 5.97 Å². The Labute approximate surface area is 92.0 Å². The van der Waals surface area contributed by atoms with Gasteiger partial charge in [-0.1, -0.05) is 6.92 Å². The second-order valence-electron chi connectivity index (χ2n) is 4.34. The molecule has 1 N–H and O–H groups in total. The number of carbonyl (C=O) groups excluding carboxylic acids is 1. The predicted molar refractivity (Wildman–Crippen MR) is 59.8 cm³/mol. The van der Waals surface area contributed by atoms with Crippen molar-refractivity contribution in [2.75, 3.05) is 33.3 Å². The minimum Gasteiger partial charge on any atom is -0.468 e. The minimum atomic E-state index is -0.562. The van der Waals surface area contributed by atoms with Gasteiger partial charge in [-0.15, -0.1) is 0 Å². The molecule has 1 atom stereocenters. The molecule has 0 saturated carbocycles. The zero-order valence-corrected chi connectivity index (χ0v) is 10.0. The Kier molecular flexibility index (Phi) is 4.54. The van der Waals surface area contributed by atoms with E-state index < -0.39 is 5.54 Å². The summed E-state index contributed by atoms with van der Waals surface area (Å²) in [5, 5.41) is 3.22. The summed E-state index contributed by atoms with van der Waals surface area (Å²) in [4.78, 5) is 14.0. The molecule has 0 aromatic heterocycles. The number of hydrogen-bond donors (Lipinski definition) is 1. The van der Waals surface area contributed by atoms with Gasteiger partial charge in [0.05, 0.1) is 7.11 Å². The largest absolute Gasteiger partial charge is 0.468 e. The van der Waals surface area contributed by atoms with Gasteiger partial charge in [-0.05, 0) is 39.4 Å². The highest BCUT2D eigenvalue weighted by Crippen LogP contribution is 2.14. The van der Waals surface area contributed by atoms with Gasteiger partial charge in [0.2, 0.25) is 0 Å². The number of carbonyl (C=O) groups is 1. The predicted octanol–water partition coefficient (Wildman–Crippen LogP) is 0.623. The molecular weight excluding hydrogens is 192 g/mol. The van der Waals surface area contributed by atoms with E-state index in [0.29, 0.717) is 0 Å². The van der Waals surface area contributed by atoms with Crippen LogP contribution < -0.4 is 5.32 Å². The molecule has 1 heterocycles. The van der Waals surface area contributed by atoms with Crippen LogP contribution in [0.4, 0.5) is 0 Å². The monoisotopic (exact) mass is 214 g/mol. The molecule has 0 aromatic rings. The summed E-state index contributed by atoms with van der Waals surface area (Å²) in [6.07, 6.45) is 2.48. The first-order chi connectivity index (χ1) is 7.12. The summed E-state index contributed by atoms with van der Waals surface area (Å²) in [5.41, 5.74) is -0.562. The Hall–Kier alpha value is -0.610. The average Bonchev–Trinajstić information content (AvgIpc) is 2.69. The molecular formula is C11H22N2O2. The van der Waals surface area contributed by atoms with E-state index >= 15 is 0 Å². The highest BCUT2D eigenvalue weighted by Gasteiger charge is 2.35. The summed E-state index contributed by atoms with van der Waals surface area (Å²) < 4.78 is 4.85. The third-order valence-electron chi connectivity index (χ3n) is 2.94. The van der Waals surface area contributed by atoms with E-state index in [1.54, 1.807) is 0 Å². The van der Waals surface area contributed by atoms with Gasteiger partial charge in [0, 0.05) is 6.54 Å². The van der Waals surface area contributed by atoms with Crippen LogP contribution in [-0.2, 0) is 9.53 Å². The topological polar surface area (TPSA) is 41.6 Å². The molecule has 0 bridgehead atoms. The van der Waals surface area contributed by atoms with Gasteiger partial charge in [0.1, 0.15) is 5.54 Å². The van der Waals surface area contributed by atoms with Crippen LogP contribution in [0.1, 0.15) is 26.7 Å². The molecule has 4 nitrogen and oxygen atoms in total. The number of hydrogen-bond acceptors (Lipinski definition) is 4. The molecule has 1 rings (SSSR count). The van der Waals surface area contributed by atoms with Crippen LogP contribution in [-0.4, -0.2) is 49.7 Å². The minimum absolute atomic E-state index is 0.170. The zero-order chi connectivity index (χ0) is 11.3. The van der Waals surface area contributed by atoms with E-state index in [0.717, 1.165) is 26.2 Å². The van der Waals surface area contributed by atoms with Crippen LogP contribution in [0.15, 0.2) is 0 Å². The molecule has 0 spiro atoms. The summed E-state index contributed by atoms with van der Waals surface area (Å²) >= 11 is 0. The number of likely N-dealkylation sites (N-methyl/N-ethyl adjacent to an activating group) is 1. The number of nitrogens with one attached hydrogen (secondary N) is 1. The number of ether oxygens (including phenoxy) is 1. The lowest BCUT2D eigenvalue weighted by Crippen LogP contribution is -2.57. The van der Waals surface area contributed by atoms with Crippen molar-refractivity contribution in [3.05, 3.63) is 0 Å². The molecule has 1 saturated heterocycles. The van der Waals surface area contributed by atoms with Crippen LogP contribution in [0.3, 0.4) is 0 Å². The first-order valence-electron chi connectivity index (χ1n) is 5.68. The van der Waals surface area contributed by atoms with Crippen LogP contribution >= 0.6 is 0 Å². The lowest BCUT2D eigenvalue weighted by molar-refractivity contribution is -0.148. The summed E-state index contributed by atoms with van der Waals surface area (Å²) in [5.74, 6) is -0.170. The Morgan fingerprint density at radius 3 is 2.53 bits per heavy atom. The molecule has 1 unspecified atom stereocenters. The second-order valence-corrected chi connectivity index (χ2v) is 4.34. The number of esters is 1. The number of methoxy groups -OCH3 is 1. The highest BCUT2D eigenvalue weighted by molar-refractivity contribution is 5.80. The van der Waals surface area contributed by atoms with Crippen LogP contribution in [0, 0.1) is 0 Å². The molecule has 1 aliphatic heterocycles. The van der Waals surface area contributed by atoms with E-state index in [9.17, 15) is 4.79 Å². The molecule has 4 heteroatoms.